The van der Waals surface area contributed by atoms with Crippen molar-refractivity contribution in [2.75, 3.05) is 36.8 Å². The molecule has 1 N–H and O–H groups in total. The molecule has 194 valence electrons. The van der Waals surface area contributed by atoms with Gasteiger partial charge in [0.2, 0.25) is 5.91 Å². The zero-order valence-electron chi connectivity index (χ0n) is 19.5. The summed E-state index contributed by atoms with van der Waals surface area (Å²) in [6.45, 7) is 4.45. The molecule has 2 aliphatic heterocycles. The summed E-state index contributed by atoms with van der Waals surface area (Å²) in [6.07, 6.45) is -4.57. The van der Waals surface area contributed by atoms with Gasteiger partial charge in [-0.15, -0.1) is 11.8 Å². The molecule has 0 spiro atoms. The molecule has 3 aromatic rings. The molecule has 5 rings (SSSR count). The van der Waals surface area contributed by atoms with E-state index in [1.165, 1.54) is 22.8 Å². The normalized spacial score (nSPS) is 18.1. The zero-order valence-corrected chi connectivity index (χ0v) is 20.3. The van der Waals surface area contributed by atoms with Crippen LogP contribution in [-0.2, 0) is 17.5 Å². The first-order valence-electron chi connectivity index (χ1n) is 11.5. The summed E-state index contributed by atoms with van der Waals surface area (Å²) < 4.78 is 58.3. The maximum absolute atomic E-state index is 14.5. The lowest BCUT2D eigenvalue weighted by atomic mass is 9.96. The van der Waals surface area contributed by atoms with E-state index >= 15 is 0 Å². The molecule has 2 aromatic carbocycles. The van der Waals surface area contributed by atoms with Gasteiger partial charge in [0.05, 0.1) is 23.7 Å². The topological polar surface area (TPSA) is 78.7 Å². The summed E-state index contributed by atoms with van der Waals surface area (Å²) in [6, 6.07) is 5.68. The molecule has 1 unspecified atom stereocenters. The highest BCUT2D eigenvalue weighted by Crippen LogP contribution is 2.48. The van der Waals surface area contributed by atoms with Crippen LogP contribution in [0.15, 0.2) is 52.7 Å². The lowest BCUT2D eigenvalue weighted by Gasteiger charge is -2.35. The number of aromatic nitrogens is 2. The second-order valence-electron chi connectivity index (χ2n) is 8.84. The van der Waals surface area contributed by atoms with E-state index in [9.17, 15) is 32.3 Å². The lowest BCUT2D eigenvalue weighted by Crippen LogP contribution is -2.49. The summed E-state index contributed by atoms with van der Waals surface area (Å²) >= 11 is 1.02. The maximum atomic E-state index is 14.5. The van der Waals surface area contributed by atoms with Gasteiger partial charge in [-0.1, -0.05) is 18.7 Å². The molecule has 2 aliphatic rings. The number of benzene rings is 2. The molecular formula is C25H22F4N4O3S. The molecule has 1 amide bonds. The van der Waals surface area contributed by atoms with Crippen LogP contribution in [0, 0.1) is 5.82 Å². The lowest BCUT2D eigenvalue weighted by molar-refractivity contribution is -0.137. The van der Waals surface area contributed by atoms with E-state index in [0.29, 0.717) is 0 Å². The number of anilines is 1. The van der Waals surface area contributed by atoms with Crippen LogP contribution >= 0.6 is 11.8 Å². The van der Waals surface area contributed by atoms with E-state index in [4.69, 9.17) is 0 Å². The molecule has 1 saturated heterocycles. The largest absolute Gasteiger partial charge is 0.417 e. The Kier molecular flexibility index (Phi) is 6.48. The summed E-state index contributed by atoms with van der Waals surface area (Å²) in [7, 11) is 0. The summed E-state index contributed by atoms with van der Waals surface area (Å²) in [5.41, 5.74) is -1.43. The molecule has 12 heteroatoms. The quantitative estimate of drug-likeness (QED) is 0.409. The van der Waals surface area contributed by atoms with E-state index in [2.05, 4.69) is 11.6 Å². The van der Waals surface area contributed by atoms with Gasteiger partial charge in [0.15, 0.2) is 0 Å². The highest BCUT2D eigenvalue weighted by molar-refractivity contribution is 7.99. The van der Waals surface area contributed by atoms with Crippen LogP contribution in [0.3, 0.4) is 0 Å². The van der Waals surface area contributed by atoms with Crippen LogP contribution in [0.5, 0.6) is 0 Å². The number of aliphatic hydroxyl groups excluding tert-OH is 1. The van der Waals surface area contributed by atoms with Crippen LogP contribution in [0.2, 0.25) is 0 Å². The number of nitrogens with zero attached hydrogens (tertiary/aromatic N) is 4. The molecule has 0 bridgehead atoms. The second-order valence-corrected chi connectivity index (χ2v) is 9.87. The van der Waals surface area contributed by atoms with E-state index in [1.807, 2.05) is 0 Å². The fourth-order valence-electron chi connectivity index (χ4n) is 4.78. The summed E-state index contributed by atoms with van der Waals surface area (Å²) in [4.78, 5) is 32.7. The van der Waals surface area contributed by atoms with Gasteiger partial charge < -0.3 is 14.9 Å². The fourth-order valence-corrected chi connectivity index (χ4v) is 5.98. The number of rotatable bonds is 3. The first kappa shape index (κ1) is 25.3. The molecule has 0 saturated carbocycles. The Balaban J connectivity index is 1.79. The predicted molar refractivity (Wildman–Crippen MR) is 132 cm³/mol. The number of piperazine rings is 1. The minimum absolute atomic E-state index is 0.0589. The van der Waals surface area contributed by atoms with Gasteiger partial charge in [-0.3, -0.25) is 9.36 Å². The van der Waals surface area contributed by atoms with Crippen molar-refractivity contribution in [1.29, 1.82) is 0 Å². The Morgan fingerprint density at radius 3 is 2.46 bits per heavy atom. The third-order valence-corrected chi connectivity index (χ3v) is 7.75. The van der Waals surface area contributed by atoms with Gasteiger partial charge in [0, 0.05) is 47.8 Å². The molecule has 1 aromatic heterocycles. The van der Waals surface area contributed by atoms with Gasteiger partial charge in [0.1, 0.15) is 11.6 Å². The van der Waals surface area contributed by atoms with Gasteiger partial charge >= 0.3 is 11.9 Å². The Hall–Kier alpha value is -3.38. The van der Waals surface area contributed by atoms with Crippen LogP contribution in [0.1, 0.15) is 5.56 Å². The van der Waals surface area contributed by atoms with Crippen molar-refractivity contribution in [1.82, 2.24) is 14.5 Å². The minimum Gasteiger partial charge on any atom is -0.390 e. The number of carbonyl (C=O) groups is 1. The van der Waals surface area contributed by atoms with Crippen LogP contribution < -0.4 is 10.6 Å². The highest BCUT2D eigenvalue weighted by atomic mass is 32.2. The Morgan fingerprint density at radius 1 is 1.16 bits per heavy atom. The average molecular weight is 535 g/mol. The molecular weight excluding hydrogens is 512 g/mol. The van der Waals surface area contributed by atoms with E-state index in [0.717, 1.165) is 30.0 Å². The van der Waals surface area contributed by atoms with Crippen LogP contribution in [0.25, 0.3) is 22.0 Å². The van der Waals surface area contributed by atoms with Crippen LogP contribution in [-0.4, -0.2) is 63.5 Å². The van der Waals surface area contributed by atoms with E-state index < -0.39 is 29.4 Å². The highest BCUT2D eigenvalue weighted by Gasteiger charge is 2.38. The number of hydrogen-bond donors (Lipinski definition) is 1. The molecule has 1 fully saturated rings. The van der Waals surface area contributed by atoms with Crippen molar-refractivity contribution in [2.45, 2.75) is 23.7 Å². The molecule has 7 nitrogen and oxygen atoms in total. The van der Waals surface area contributed by atoms with Crippen molar-refractivity contribution in [2.24, 2.45) is 0 Å². The number of amides is 1. The van der Waals surface area contributed by atoms with E-state index in [-0.39, 0.29) is 77.1 Å². The number of alkyl halides is 3. The first-order valence-corrected chi connectivity index (χ1v) is 12.5. The number of aliphatic hydroxyl groups is 1. The smallest absolute Gasteiger partial charge is 0.390 e. The van der Waals surface area contributed by atoms with Gasteiger partial charge in [0.25, 0.3) is 0 Å². The van der Waals surface area contributed by atoms with Crippen molar-refractivity contribution in [3.05, 3.63) is 64.9 Å². The van der Waals surface area contributed by atoms with Gasteiger partial charge in [-0.05, 0) is 29.8 Å². The third-order valence-electron chi connectivity index (χ3n) is 6.52. The first-order chi connectivity index (χ1) is 17.6. The number of carbonyl (C=O) groups excluding carboxylic acids is 1. The molecule has 0 aliphatic carbocycles. The Bertz CT molecular complexity index is 1450. The van der Waals surface area contributed by atoms with Crippen LogP contribution in [0.4, 0.5) is 23.4 Å². The fraction of sp³-hybridized carbons (Fsp3) is 0.320. The summed E-state index contributed by atoms with van der Waals surface area (Å²) in [5, 5.41) is 10.6. The second kappa shape index (κ2) is 9.49. The SMILES string of the molecule is C=CC(=O)N1CCN(c2nc(=O)n3c4c(c(-c5ccc(F)cc5)c(C(F)(F)F)cc24)SCC(O)C3)CC1. The monoisotopic (exact) mass is 534 g/mol. The standard InChI is InChI=1S/C25H22F4N4O3S/c1-2-19(35)31-7-9-32(10-8-31)23-17-11-18(25(27,28)29)20(14-3-5-15(26)6-4-14)22-21(17)33(24(36)30-23)12-16(34)13-37-22/h2-6,11,16,34H,1,7-10,12-13H2. The number of thioether (sulfide) groups is 1. The van der Waals surface area contributed by atoms with Crippen molar-refractivity contribution in [3.63, 3.8) is 0 Å². The molecule has 37 heavy (non-hydrogen) atoms. The predicted octanol–water partition coefficient (Wildman–Crippen LogP) is 3.52. The molecule has 3 heterocycles. The number of halogens is 4. The minimum atomic E-state index is -4.77. The molecule has 0 radical (unpaired) electrons. The van der Waals surface area contributed by atoms with Crippen molar-refractivity contribution < 1.29 is 27.5 Å². The number of hydrogen-bond acceptors (Lipinski definition) is 6. The van der Waals surface area contributed by atoms with Gasteiger partial charge in [-0.25, -0.2) is 9.18 Å². The van der Waals surface area contributed by atoms with Gasteiger partial charge in [-0.2, -0.15) is 18.2 Å². The maximum Gasteiger partial charge on any atom is 0.417 e. The Labute approximate surface area is 213 Å². The van der Waals surface area contributed by atoms with Crippen molar-refractivity contribution in [3.8, 4) is 11.1 Å². The zero-order chi connectivity index (χ0) is 26.5. The summed E-state index contributed by atoms with van der Waals surface area (Å²) in [5.74, 6) is -0.695. The Morgan fingerprint density at radius 2 is 1.84 bits per heavy atom. The average Bonchev–Trinajstić information content (AvgIpc) is 3.05. The van der Waals surface area contributed by atoms with Crippen molar-refractivity contribution >= 4 is 34.4 Å². The van der Waals surface area contributed by atoms with E-state index in [1.54, 1.807) is 9.80 Å². The molecule has 1 atom stereocenters. The third kappa shape index (κ3) is 4.59.